The van der Waals surface area contributed by atoms with Gasteiger partial charge in [0.2, 0.25) is 10.0 Å². The molecule has 106 valence electrons. The second kappa shape index (κ2) is 6.16. The summed E-state index contributed by atoms with van der Waals surface area (Å²) in [7, 11) is -2.05. The highest BCUT2D eigenvalue weighted by atomic mass is 32.2. The highest BCUT2D eigenvalue weighted by Gasteiger charge is 2.17. The van der Waals surface area contributed by atoms with Crippen LogP contribution in [0, 0.1) is 12.8 Å². The van der Waals surface area contributed by atoms with Crippen molar-refractivity contribution in [3.63, 3.8) is 0 Å². The minimum atomic E-state index is -3.57. The number of nitrogens with one attached hydrogen (secondary N) is 2. The summed E-state index contributed by atoms with van der Waals surface area (Å²) in [6.45, 7) is 5.98. The zero-order valence-corrected chi connectivity index (χ0v) is 12.5. The van der Waals surface area contributed by atoms with Gasteiger partial charge in [0, 0.05) is 19.2 Å². The first-order valence-electron chi connectivity index (χ1n) is 6.10. The minimum absolute atomic E-state index is 0.109. The van der Waals surface area contributed by atoms with E-state index in [9.17, 15) is 13.2 Å². The molecule has 0 aliphatic rings. The topological polar surface area (TPSA) is 75.3 Å². The van der Waals surface area contributed by atoms with Crippen molar-refractivity contribution in [2.75, 3.05) is 13.6 Å². The number of carbonyl (C=O) groups excluding carboxylic acids is 1. The lowest BCUT2D eigenvalue weighted by Crippen LogP contribution is -2.28. The Kier molecular flexibility index (Phi) is 5.08. The smallest absolute Gasteiger partial charge is 0.251 e. The molecule has 0 aromatic heterocycles. The van der Waals surface area contributed by atoms with Crippen LogP contribution in [-0.2, 0) is 10.0 Å². The van der Waals surface area contributed by atoms with Gasteiger partial charge < -0.3 is 5.32 Å². The van der Waals surface area contributed by atoms with Gasteiger partial charge in [-0.15, -0.1) is 0 Å². The first-order chi connectivity index (χ1) is 8.77. The van der Waals surface area contributed by atoms with Gasteiger partial charge in [0.25, 0.3) is 5.91 Å². The van der Waals surface area contributed by atoms with Gasteiger partial charge in [0.15, 0.2) is 0 Å². The van der Waals surface area contributed by atoms with E-state index in [1.54, 1.807) is 13.0 Å². The number of hydrogen-bond donors (Lipinski definition) is 2. The molecule has 0 atom stereocenters. The van der Waals surface area contributed by atoms with Crippen LogP contribution in [0.3, 0.4) is 0 Å². The van der Waals surface area contributed by atoms with E-state index < -0.39 is 10.0 Å². The SMILES string of the molecule is CNC(=O)c1cc(S(=O)(=O)NCC(C)C)ccc1C. The summed E-state index contributed by atoms with van der Waals surface area (Å²) in [4.78, 5) is 11.8. The molecular formula is C13H20N2O3S. The summed E-state index contributed by atoms with van der Waals surface area (Å²) in [5.41, 5.74) is 1.11. The molecule has 1 rings (SSSR count). The van der Waals surface area contributed by atoms with Gasteiger partial charge in [0.1, 0.15) is 0 Å². The minimum Gasteiger partial charge on any atom is -0.355 e. The summed E-state index contributed by atoms with van der Waals surface area (Å²) in [5, 5.41) is 2.50. The first-order valence-corrected chi connectivity index (χ1v) is 7.58. The largest absolute Gasteiger partial charge is 0.355 e. The molecule has 0 radical (unpaired) electrons. The van der Waals surface area contributed by atoms with Crippen LogP contribution in [0.1, 0.15) is 29.8 Å². The zero-order chi connectivity index (χ0) is 14.6. The fraction of sp³-hybridized carbons (Fsp3) is 0.462. The van der Waals surface area contributed by atoms with E-state index in [0.29, 0.717) is 12.1 Å². The van der Waals surface area contributed by atoms with Crippen molar-refractivity contribution in [3.05, 3.63) is 29.3 Å². The normalized spacial score (nSPS) is 11.6. The molecule has 0 aliphatic heterocycles. The molecule has 1 aromatic carbocycles. The molecular weight excluding hydrogens is 264 g/mol. The molecule has 1 amide bonds. The average Bonchev–Trinajstić information content (AvgIpc) is 2.36. The summed E-state index contributed by atoms with van der Waals surface area (Å²) in [5.74, 6) is -0.0722. The molecule has 0 aliphatic carbocycles. The van der Waals surface area contributed by atoms with Crippen molar-refractivity contribution >= 4 is 15.9 Å². The van der Waals surface area contributed by atoms with Gasteiger partial charge in [0.05, 0.1) is 4.90 Å². The molecule has 2 N–H and O–H groups in total. The summed E-state index contributed by atoms with van der Waals surface area (Å²) < 4.78 is 26.7. The third-order valence-electron chi connectivity index (χ3n) is 2.67. The van der Waals surface area contributed by atoms with Gasteiger partial charge in [-0.3, -0.25) is 4.79 Å². The Morgan fingerprint density at radius 1 is 1.32 bits per heavy atom. The van der Waals surface area contributed by atoms with Gasteiger partial charge >= 0.3 is 0 Å². The van der Waals surface area contributed by atoms with E-state index >= 15 is 0 Å². The number of amides is 1. The number of sulfonamides is 1. The maximum absolute atomic E-state index is 12.1. The predicted octanol–water partition coefficient (Wildman–Crippen LogP) is 1.29. The molecule has 5 nitrogen and oxygen atoms in total. The zero-order valence-electron chi connectivity index (χ0n) is 11.6. The Balaban J connectivity index is 3.11. The van der Waals surface area contributed by atoms with Crippen molar-refractivity contribution in [1.82, 2.24) is 10.0 Å². The van der Waals surface area contributed by atoms with Crippen LogP contribution in [0.4, 0.5) is 0 Å². The maximum atomic E-state index is 12.1. The number of aryl methyl sites for hydroxylation is 1. The van der Waals surface area contributed by atoms with Crippen molar-refractivity contribution in [2.24, 2.45) is 5.92 Å². The van der Waals surface area contributed by atoms with Crippen LogP contribution in [0.25, 0.3) is 0 Å². The van der Waals surface area contributed by atoms with E-state index in [4.69, 9.17) is 0 Å². The lowest BCUT2D eigenvalue weighted by Gasteiger charge is -2.11. The average molecular weight is 284 g/mol. The third-order valence-corrected chi connectivity index (χ3v) is 4.09. The molecule has 6 heteroatoms. The standard InChI is InChI=1S/C13H20N2O3S/c1-9(2)8-15-19(17,18)11-6-5-10(3)12(7-11)13(16)14-4/h5-7,9,15H,8H2,1-4H3,(H,14,16). The Morgan fingerprint density at radius 3 is 2.47 bits per heavy atom. The quantitative estimate of drug-likeness (QED) is 0.855. The summed E-state index contributed by atoms with van der Waals surface area (Å²) in [6.07, 6.45) is 0. The highest BCUT2D eigenvalue weighted by molar-refractivity contribution is 7.89. The molecule has 0 unspecified atom stereocenters. The Labute approximate surface area is 114 Å². The van der Waals surface area contributed by atoms with Crippen molar-refractivity contribution in [1.29, 1.82) is 0 Å². The van der Waals surface area contributed by atoms with Crippen molar-refractivity contribution in [2.45, 2.75) is 25.7 Å². The van der Waals surface area contributed by atoms with Crippen LogP contribution in [0.5, 0.6) is 0 Å². The van der Waals surface area contributed by atoms with Crippen LogP contribution in [0.2, 0.25) is 0 Å². The lowest BCUT2D eigenvalue weighted by molar-refractivity contribution is 0.0962. The van der Waals surface area contributed by atoms with Gasteiger partial charge in [-0.25, -0.2) is 13.1 Å². The van der Waals surface area contributed by atoms with Gasteiger partial charge in [-0.2, -0.15) is 0 Å². The molecule has 0 spiro atoms. The van der Waals surface area contributed by atoms with Crippen LogP contribution < -0.4 is 10.0 Å². The van der Waals surface area contributed by atoms with E-state index in [1.807, 2.05) is 13.8 Å². The second-order valence-electron chi connectivity index (χ2n) is 4.80. The number of benzene rings is 1. The number of rotatable bonds is 5. The molecule has 0 bridgehead atoms. The van der Waals surface area contributed by atoms with Crippen molar-refractivity contribution in [3.8, 4) is 0 Å². The fourth-order valence-corrected chi connectivity index (χ4v) is 2.75. The summed E-state index contributed by atoms with van der Waals surface area (Å²) >= 11 is 0. The van der Waals surface area contributed by atoms with Crippen LogP contribution in [0.15, 0.2) is 23.1 Å². The van der Waals surface area contributed by atoms with Crippen LogP contribution in [-0.4, -0.2) is 27.9 Å². The van der Waals surface area contributed by atoms with E-state index in [0.717, 1.165) is 5.56 Å². The highest BCUT2D eigenvalue weighted by Crippen LogP contribution is 2.15. The Morgan fingerprint density at radius 2 is 1.95 bits per heavy atom. The van der Waals surface area contributed by atoms with E-state index in [-0.39, 0.29) is 16.7 Å². The monoisotopic (exact) mass is 284 g/mol. The molecule has 0 saturated carbocycles. The number of carbonyl (C=O) groups is 1. The second-order valence-corrected chi connectivity index (χ2v) is 6.57. The Hall–Kier alpha value is -1.40. The number of hydrogen-bond acceptors (Lipinski definition) is 3. The molecule has 0 heterocycles. The van der Waals surface area contributed by atoms with Gasteiger partial charge in [-0.05, 0) is 30.5 Å². The fourth-order valence-electron chi connectivity index (χ4n) is 1.51. The Bertz CT molecular complexity index is 565. The van der Waals surface area contributed by atoms with E-state index in [1.165, 1.54) is 19.2 Å². The molecule has 19 heavy (non-hydrogen) atoms. The predicted molar refractivity (Wildman–Crippen MR) is 74.6 cm³/mol. The maximum Gasteiger partial charge on any atom is 0.251 e. The van der Waals surface area contributed by atoms with Crippen molar-refractivity contribution < 1.29 is 13.2 Å². The molecule has 1 aromatic rings. The molecule has 0 saturated heterocycles. The van der Waals surface area contributed by atoms with E-state index in [2.05, 4.69) is 10.0 Å². The lowest BCUT2D eigenvalue weighted by atomic mass is 10.1. The first kappa shape index (κ1) is 15.7. The third kappa shape index (κ3) is 4.04. The van der Waals surface area contributed by atoms with Gasteiger partial charge in [-0.1, -0.05) is 19.9 Å². The molecule has 0 fully saturated rings. The summed E-state index contributed by atoms with van der Waals surface area (Å²) in [6, 6.07) is 4.54. The van der Waals surface area contributed by atoms with Crippen LogP contribution >= 0.6 is 0 Å².